The fourth-order valence-electron chi connectivity index (χ4n) is 2.42. The molecule has 1 heterocycles. The van der Waals surface area contributed by atoms with E-state index in [1.165, 1.54) is 12.5 Å². The molecule has 0 bridgehead atoms. The van der Waals surface area contributed by atoms with E-state index >= 15 is 0 Å². The van der Waals surface area contributed by atoms with E-state index in [0.717, 1.165) is 0 Å². The predicted molar refractivity (Wildman–Crippen MR) is 98.5 cm³/mol. The number of amides is 3. The van der Waals surface area contributed by atoms with Gasteiger partial charge in [-0.1, -0.05) is 6.42 Å². The summed E-state index contributed by atoms with van der Waals surface area (Å²) in [7, 11) is 0. The van der Waals surface area contributed by atoms with E-state index in [9.17, 15) is 24.3 Å². The summed E-state index contributed by atoms with van der Waals surface area (Å²) in [5.74, 6) is -3.62. The number of hydrogen-bond donors (Lipinski definition) is 7. The molecular weight excluding hydrogens is 370 g/mol. The van der Waals surface area contributed by atoms with Crippen LogP contribution in [-0.2, 0) is 25.6 Å². The van der Waals surface area contributed by atoms with Crippen molar-refractivity contribution in [1.82, 2.24) is 20.6 Å². The van der Waals surface area contributed by atoms with Crippen molar-refractivity contribution in [3.63, 3.8) is 0 Å². The van der Waals surface area contributed by atoms with Gasteiger partial charge in [-0.3, -0.25) is 14.4 Å². The number of aromatic amines is 1. The first-order chi connectivity index (χ1) is 13.2. The fraction of sp³-hybridized carbons (Fsp3) is 0.562. The second-order valence-corrected chi connectivity index (χ2v) is 6.30. The molecule has 0 aliphatic carbocycles. The van der Waals surface area contributed by atoms with Crippen molar-refractivity contribution in [3.05, 3.63) is 18.2 Å². The van der Waals surface area contributed by atoms with Crippen molar-refractivity contribution in [2.24, 2.45) is 17.2 Å². The van der Waals surface area contributed by atoms with Gasteiger partial charge in [0.05, 0.1) is 18.8 Å². The van der Waals surface area contributed by atoms with Crippen molar-refractivity contribution in [3.8, 4) is 0 Å². The van der Waals surface area contributed by atoms with Gasteiger partial charge in [-0.25, -0.2) is 9.78 Å². The smallest absolute Gasteiger partial charge is 0.326 e. The van der Waals surface area contributed by atoms with Crippen molar-refractivity contribution in [2.75, 3.05) is 6.54 Å². The number of unbranched alkanes of at least 4 members (excludes halogenated alkanes) is 1. The standard InChI is InChI=1S/C16H27N7O5/c17-4-2-1-3-10(18)14(25)22-11(6-13(19)24)15(26)23-12(16(27)28)5-9-7-20-8-21-9/h7-8,10-12H,1-6,17-18H2,(H2,19,24)(H,20,21)(H,22,25)(H,23,26)(H,27,28)/t10-,11-,12-/m0/s1. The topological polar surface area (TPSA) is 219 Å². The summed E-state index contributed by atoms with van der Waals surface area (Å²) in [6, 6.07) is -3.53. The van der Waals surface area contributed by atoms with Crippen LogP contribution in [0.25, 0.3) is 0 Å². The van der Waals surface area contributed by atoms with Crippen LogP contribution in [-0.4, -0.2) is 63.4 Å². The Morgan fingerprint density at radius 2 is 1.82 bits per heavy atom. The number of nitrogens with two attached hydrogens (primary N) is 3. The number of aromatic nitrogens is 2. The number of nitrogens with zero attached hydrogens (tertiary/aromatic N) is 1. The lowest BCUT2D eigenvalue weighted by Gasteiger charge is -2.22. The first-order valence-corrected chi connectivity index (χ1v) is 8.79. The van der Waals surface area contributed by atoms with Crippen LogP contribution in [0, 0.1) is 0 Å². The molecule has 156 valence electrons. The molecule has 0 fully saturated rings. The van der Waals surface area contributed by atoms with E-state index in [1.54, 1.807) is 0 Å². The minimum absolute atomic E-state index is 0.0586. The van der Waals surface area contributed by atoms with Gasteiger partial charge < -0.3 is 37.9 Å². The molecule has 3 amide bonds. The molecule has 12 nitrogen and oxygen atoms in total. The molecule has 1 aromatic heterocycles. The molecule has 10 N–H and O–H groups in total. The number of rotatable bonds is 13. The normalized spacial score (nSPS) is 13.9. The highest BCUT2D eigenvalue weighted by molar-refractivity contribution is 5.94. The largest absolute Gasteiger partial charge is 0.480 e. The first kappa shape index (κ1) is 23.0. The number of carbonyl (C=O) groups is 4. The molecule has 0 saturated carbocycles. The van der Waals surface area contributed by atoms with Crippen LogP contribution in [0.4, 0.5) is 0 Å². The lowest BCUT2D eigenvalue weighted by atomic mass is 10.1. The molecule has 0 spiro atoms. The number of nitrogens with one attached hydrogen (secondary N) is 3. The Labute approximate surface area is 161 Å². The average Bonchev–Trinajstić information content (AvgIpc) is 3.13. The number of imidazole rings is 1. The Morgan fingerprint density at radius 3 is 2.36 bits per heavy atom. The maximum absolute atomic E-state index is 12.5. The Bertz CT molecular complexity index is 664. The number of hydrogen-bond acceptors (Lipinski definition) is 7. The second kappa shape index (κ2) is 11.7. The summed E-state index contributed by atoms with van der Waals surface area (Å²) in [5.41, 5.74) is 16.8. The fourth-order valence-corrected chi connectivity index (χ4v) is 2.42. The highest BCUT2D eigenvalue weighted by Crippen LogP contribution is 2.03. The number of carboxylic acids is 1. The van der Waals surface area contributed by atoms with Gasteiger partial charge in [0.15, 0.2) is 0 Å². The summed E-state index contributed by atoms with van der Waals surface area (Å²) < 4.78 is 0. The zero-order chi connectivity index (χ0) is 21.1. The van der Waals surface area contributed by atoms with Gasteiger partial charge in [0.1, 0.15) is 12.1 Å². The van der Waals surface area contributed by atoms with Crippen LogP contribution < -0.4 is 27.8 Å². The molecule has 0 aliphatic rings. The number of carboxylic acid groups (broad SMARTS) is 1. The van der Waals surface area contributed by atoms with Crippen molar-refractivity contribution in [2.45, 2.75) is 50.2 Å². The minimum atomic E-state index is -1.34. The molecule has 1 aromatic rings. The van der Waals surface area contributed by atoms with Crippen LogP contribution in [0.15, 0.2) is 12.5 Å². The van der Waals surface area contributed by atoms with Gasteiger partial charge in [0, 0.05) is 18.3 Å². The molecule has 0 radical (unpaired) electrons. The molecule has 0 aromatic carbocycles. The van der Waals surface area contributed by atoms with Crippen LogP contribution in [0.3, 0.4) is 0 Å². The van der Waals surface area contributed by atoms with E-state index in [1.807, 2.05) is 0 Å². The van der Waals surface area contributed by atoms with E-state index in [2.05, 4.69) is 20.6 Å². The molecule has 1 rings (SSSR count). The van der Waals surface area contributed by atoms with Crippen molar-refractivity contribution >= 4 is 23.7 Å². The van der Waals surface area contributed by atoms with Crippen molar-refractivity contribution < 1.29 is 24.3 Å². The van der Waals surface area contributed by atoms with Crippen LogP contribution >= 0.6 is 0 Å². The van der Waals surface area contributed by atoms with Gasteiger partial charge >= 0.3 is 5.97 Å². The first-order valence-electron chi connectivity index (χ1n) is 8.79. The molecule has 12 heteroatoms. The highest BCUT2D eigenvalue weighted by Gasteiger charge is 2.29. The third-order valence-electron chi connectivity index (χ3n) is 3.94. The Kier molecular flexibility index (Phi) is 9.60. The number of H-pyrrole nitrogens is 1. The summed E-state index contributed by atoms with van der Waals surface area (Å²) >= 11 is 0. The quantitative estimate of drug-likeness (QED) is 0.174. The zero-order valence-corrected chi connectivity index (χ0v) is 15.4. The summed E-state index contributed by atoms with van der Waals surface area (Å²) in [6.45, 7) is 0.466. The van der Waals surface area contributed by atoms with Crippen LogP contribution in [0.5, 0.6) is 0 Å². The predicted octanol–water partition coefficient (Wildman–Crippen LogP) is -2.66. The summed E-state index contributed by atoms with van der Waals surface area (Å²) in [6.07, 6.45) is 3.92. The van der Waals surface area contributed by atoms with Crippen LogP contribution in [0.1, 0.15) is 31.4 Å². The lowest BCUT2D eigenvalue weighted by molar-refractivity contribution is -0.142. The summed E-state index contributed by atoms with van der Waals surface area (Å²) in [5, 5.41) is 14.0. The van der Waals surface area contributed by atoms with Crippen LogP contribution in [0.2, 0.25) is 0 Å². The zero-order valence-electron chi connectivity index (χ0n) is 15.4. The Hall–Kier alpha value is -2.99. The Morgan fingerprint density at radius 1 is 1.14 bits per heavy atom. The third-order valence-corrected chi connectivity index (χ3v) is 3.94. The van der Waals surface area contributed by atoms with Gasteiger partial charge in [-0.15, -0.1) is 0 Å². The third kappa shape index (κ3) is 8.14. The van der Waals surface area contributed by atoms with Gasteiger partial charge in [-0.05, 0) is 19.4 Å². The monoisotopic (exact) mass is 397 g/mol. The molecule has 0 saturated heterocycles. The number of primary amides is 1. The molecular formula is C16H27N7O5. The maximum atomic E-state index is 12.5. The molecule has 28 heavy (non-hydrogen) atoms. The number of carbonyl (C=O) groups excluding carboxylic acids is 3. The van der Waals surface area contributed by atoms with E-state index in [4.69, 9.17) is 17.2 Å². The van der Waals surface area contributed by atoms with Crippen molar-refractivity contribution in [1.29, 1.82) is 0 Å². The Balaban J connectivity index is 2.75. The maximum Gasteiger partial charge on any atom is 0.326 e. The van der Waals surface area contributed by atoms with E-state index in [0.29, 0.717) is 31.5 Å². The van der Waals surface area contributed by atoms with Gasteiger partial charge in [0.2, 0.25) is 17.7 Å². The number of aliphatic carboxylic acids is 1. The van der Waals surface area contributed by atoms with E-state index in [-0.39, 0.29) is 6.42 Å². The molecule has 3 atom stereocenters. The minimum Gasteiger partial charge on any atom is -0.480 e. The summed E-state index contributed by atoms with van der Waals surface area (Å²) in [4.78, 5) is 53.8. The lowest BCUT2D eigenvalue weighted by Crippen LogP contribution is -2.55. The average molecular weight is 397 g/mol. The molecule has 0 aliphatic heterocycles. The van der Waals surface area contributed by atoms with E-state index < -0.39 is 48.2 Å². The van der Waals surface area contributed by atoms with Gasteiger partial charge in [-0.2, -0.15) is 0 Å². The highest BCUT2D eigenvalue weighted by atomic mass is 16.4. The van der Waals surface area contributed by atoms with Gasteiger partial charge in [0.25, 0.3) is 0 Å². The molecule has 0 unspecified atom stereocenters. The second-order valence-electron chi connectivity index (χ2n) is 6.30. The SMILES string of the molecule is NCCCC[C@H](N)C(=O)N[C@@H](CC(N)=O)C(=O)N[C@@H](Cc1cnc[nH]1)C(=O)O.